The maximum Gasteiger partial charge on any atom is 0.338 e. The molecule has 0 radical (unpaired) electrons. The molecule has 0 unspecified atom stereocenters. The van der Waals surface area contributed by atoms with Crippen LogP contribution in [0.1, 0.15) is 97.2 Å². The van der Waals surface area contributed by atoms with E-state index >= 15 is 14.4 Å². The third kappa shape index (κ3) is 22.6. The third-order valence-corrected chi connectivity index (χ3v) is 19.2. The van der Waals surface area contributed by atoms with Crippen molar-refractivity contribution in [3.05, 3.63) is 372 Å². The van der Waals surface area contributed by atoms with Crippen molar-refractivity contribution in [2.24, 2.45) is 0 Å². The Bertz CT molecular complexity index is 4660. The number of esters is 6. The van der Waals surface area contributed by atoms with Gasteiger partial charge in [-0.25, -0.2) is 28.8 Å². The Balaban J connectivity index is 0.987. The van der Waals surface area contributed by atoms with E-state index in [1.807, 2.05) is 121 Å². The molecule has 10 aromatic rings. The zero-order valence-electron chi connectivity index (χ0n) is 62.9. The van der Waals surface area contributed by atoms with Gasteiger partial charge in [0.2, 0.25) is 0 Å². The highest BCUT2D eigenvalue weighted by molar-refractivity contribution is 5.92. The Morgan fingerprint density at radius 1 is 0.278 bits per heavy atom. The van der Waals surface area contributed by atoms with Crippen LogP contribution in [0, 0.1) is 0 Å². The molecule has 592 valence electrons. The van der Waals surface area contributed by atoms with E-state index in [9.17, 15) is 14.4 Å². The molecule has 0 amide bonds. The SMILES string of the molecule is C=CCCCO[C@@H]1O[C@H](COC(=O)c2ccccc2)[C@@H](O[C@@H]2O[C@H](COC(=O)c3ccccc3)[C@H](O[C@H]3O[C@H](COCc4ccccc4)[C@H](OCc4ccccc4)[C@H](OCc4ccccc4)[C@H]3OCc3ccccc3)[C@H](OC(=O)c3ccccc3)[C@H]2OC(=O)c2ccccc2)[C@H](OC(=O)c2ccccc2)[C@H]1OC(=O)c1ccccc1. The fraction of sp³-hybridized carbons (Fsp3) is 0.269. The number of allylic oxidation sites excluding steroid dienone is 1. The fourth-order valence-electron chi connectivity index (χ4n) is 13.4. The Hall–Kier alpha value is -11.6. The predicted molar refractivity (Wildman–Crippen MR) is 418 cm³/mol. The molecule has 22 heteroatoms. The monoisotopic (exact) mass is 1560 g/mol. The lowest BCUT2D eigenvalue weighted by atomic mass is 9.94. The maximum absolute atomic E-state index is 15.6. The number of ether oxygens (including phenoxy) is 16. The van der Waals surface area contributed by atoms with Gasteiger partial charge in [0.05, 0.1) is 73.0 Å². The van der Waals surface area contributed by atoms with Crippen LogP contribution in [0.2, 0.25) is 0 Å². The van der Waals surface area contributed by atoms with E-state index in [1.165, 1.54) is 48.5 Å². The summed E-state index contributed by atoms with van der Waals surface area (Å²) >= 11 is 0. The molecule has 15 atom stereocenters. The van der Waals surface area contributed by atoms with Gasteiger partial charge in [-0.15, -0.1) is 6.58 Å². The standard InChI is InChI=1S/C93H88O22/c1-2-3-34-55-101-91-83(112-89(98)71-51-30-12-31-52-71)80(110-87(96)69-47-26-10-27-48-69)77(74(107-91)61-105-85(94)67-43-22-8-23-44-67)115-93-84(113-90(99)72-53-32-13-33-54-72)81(111-88(97)70-49-28-11-29-50-70)78(75(109-93)62-106-86(95)68-45-24-9-25-46-68)114-92-82(104-59-66-41-20-7-21-42-66)79(103-58-65-39-18-6-19-40-65)76(102-57-64-37-16-5-17-38-64)73(108-92)60-100-56-63-35-14-4-15-36-63/h2,4-33,35-54,73-84,91-93H,1,3,34,55-62H2/t73-,74-,75-,76+,77-,78+,79+,80+,81+,82-,83-,84-,91-,92-,93+/m1/s1. The number of hydrogen-bond acceptors (Lipinski definition) is 22. The van der Waals surface area contributed by atoms with Gasteiger partial charge in [-0.3, -0.25) is 0 Å². The number of carbonyl (C=O) groups is 6. The van der Waals surface area contributed by atoms with Crippen LogP contribution in [-0.2, 0) is 102 Å². The quantitative estimate of drug-likeness (QED) is 0.0153. The van der Waals surface area contributed by atoms with E-state index < -0.39 is 141 Å². The van der Waals surface area contributed by atoms with Crippen molar-refractivity contribution >= 4 is 35.8 Å². The van der Waals surface area contributed by atoms with Crippen LogP contribution in [0.3, 0.4) is 0 Å². The van der Waals surface area contributed by atoms with Crippen molar-refractivity contribution in [1.82, 2.24) is 0 Å². The first-order valence-electron chi connectivity index (χ1n) is 38.1. The molecule has 3 heterocycles. The van der Waals surface area contributed by atoms with E-state index in [2.05, 4.69) is 6.58 Å². The summed E-state index contributed by atoms with van der Waals surface area (Å²) in [6.07, 6.45) is -22.1. The average molecular weight is 1560 g/mol. The van der Waals surface area contributed by atoms with Crippen LogP contribution >= 0.6 is 0 Å². The zero-order chi connectivity index (χ0) is 79.3. The highest BCUT2D eigenvalue weighted by Crippen LogP contribution is 2.40. The largest absolute Gasteiger partial charge is 0.459 e. The van der Waals surface area contributed by atoms with Gasteiger partial charge < -0.3 is 75.8 Å². The van der Waals surface area contributed by atoms with Crippen molar-refractivity contribution in [2.75, 3.05) is 26.4 Å². The minimum absolute atomic E-state index is 0.000226. The van der Waals surface area contributed by atoms with E-state index in [0.717, 1.165) is 22.3 Å². The van der Waals surface area contributed by atoms with Gasteiger partial charge in [-0.05, 0) is 108 Å². The van der Waals surface area contributed by atoms with E-state index in [0.29, 0.717) is 12.8 Å². The molecule has 3 aliphatic rings. The molecule has 3 fully saturated rings. The van der Waals surface area contributed by atoms with Crippen LogP contribution in [-0.4, -0.2) is 154 Å². The highest BCUT2D eigenvalue weighted by atomic mass is 16.8. The molecule has 3 aliphatic heterocycles. The number of benzene rings is 10. The van der Waals surface area contributed by atoms with Crippen molar-refractivity contribution < 1.29 is 105 Å². The molecule has 0 aromatic heterocycles. The molecular formula is C93H88O22. The van der Waals surface area contributed by atoms with Crippen molar-refractivity contribution in [1.29, 1.82) is 0 Å². The first kappa shape index (κ1) is 81.4. The summed E-state index contributed by atoms with van der Waals surface area (Å²) in [5.74, 6) is -5.53. The van der Waals surface area contributed by atoms with Crippen LogP contribution < -0.4 is 0 Å². The molecule has 0 N–H and O–H groups in total. The first-order chi connectivity index (χ1) is 56.5. The summed E-state index contributed by atoms with van der Waals surface area (Å²) in [6.45, 7) is 2.37. The highest BCUT2D eigenvalue weighted by Gasteiger charge is 2.60. The minimum atomic E-state index is -2.12. The average Bonchev–Trinajstić information content (AvgIpc) is 0.755. The van der Waals surface area contributed by atoms with Gasteiger partial charge in [0.25, 0.3) is 0 Å². The van der Waals surface area contributed by atoms with Gasteiger partial charge in [-0.2, -0.15) is 0 Å². The third-order valence-electron chi connectivity index (χ3n) is 19.2. The summed E-state index contributed by atoms with van der Waals surface area (Å²) in [6, 6.07) is 86.0. The minimum Gasteiger partial charge on any atom is -0.459 e. The van der Waals surface area contributed by atoms with E-state index in [-0.39, 0.29) is 73.0 Å². The normalized spacial score (nSPS) is 23.1. The van der Waals surface area contributed by atoms with Crippen molar-refractivity contribution in [3.8, 4) is 0 Å². The lowest BCUT2D eigenvalue weighted by Gasteiger charge is -2.51. The second kappa shape index (κ2) is 41.9. The number of rotatable bonds is 36. The topological polar surface area (TPSA) is 250 Å². The molecule has 0 spiro atoms. The first-order valence-corrected chi connectivity index (χ1v) is 38.1. The Morgan fingerprint density at radius 2 is 0.557 bits per heavy atom. The molecule has 115 heavy (non-hydrogen) atoms. The van der Waals surface area contributed by atoms with Gasteiger partial charge in [-0.1, -0.05) is 237 Å². The zero-order valence-corrected chi connectivity index (χ0v) is 62.9. The summed E-state index contributed by atoms with van der Waals surface area (Å²) in [7, 11) is 0. The van der Waals surface area contributed by atoms with Crippen LogP contribution in [0.25, 0.3) is 0 Å². The van der Waals surface area contributed by atoms with Gasteiger partial charge in [0.15, 0.2) is 43.3 Å². The Morgan fingerprint density at radius 3 is 0.913 bits per heavy atom. The van der Waals surface area contributed by atoms with Crippen molar-refractivity contribution in [2.45, 2.75) is 131 Å². The Kier molecular flexibility index (Phi) is 29.7. The lowest BCUT2D eigenvalue weighted by molar-refractivity contribution is -0.382. The van der Waals surface area contributed by atoms with Crippen LogP contribution in [0.15, 0.2) is 316 Å². The summed E-state index contributed by atoms with van der Waals surface area (Å²) < 4.78 is 110. The fourth-order valence-corrected chi connectivity index (χ4v) is 13.4. The number of hydrogen-bond donors (Lipinski definition) is 0. The molecular weight excluding hydrogens is 1470 g/mol. The molecule has 13 rings (SSSR count). The smallest absolute Gasteiger partial charge is 0.338 e. The van der Waals surface area contributed by atoms with E-state index in [1.54, 1.807) is 140 Å². The second-order valence-corrected chi connectivity index (χ2v) is 27.3. The number of unbranched alkanes of at least 4 members (excludes halogenated alkanes) is 1. The van der Waals surface area contributed by atoms with Gasteiger partial charge >= 0.3 is 35.8 Å². The van der Waals surface area contributed by atoms with Gasteiger partial charge in [0.1, 0.15) is 62.0 Å². The molecule has 0 aliphatic carbocycles. The Labute approximate surface area is 666 Å². The lowest BCUT2D eigenvalue weighted by Crippen LogP contribution is -2.68. The predicted octanol–water partition coefficient (Wildman–Crippen LogP) is 14.5. The van der Waals surface area contributed by atoms with Crippen LogP contribution in [0.4, 0.5) is 0 Å². The van der Waals surface area contributed by atoms with Gasteiger partial charge in [0, 0.05) is 0 Å². The van der Waals surface area contributed by atoms with Crippen molar-refractivity contribution in [3.63, 3.8) is 0 Å². The summed E-state index contributed by atoms with van der Waals surface area (Å²) in [4.78, 5) is 90.0. The summed E-state index contributed by atoms with van der Waals surface area (Å²) in [5, 5.41) is 0. The molecule has 10 aromatic carbocycles. The molecule has 0 saturated carbocycles. The molecule has 3 saturated heterocycles. The maximum atomic E-state index is 15.6. The van der Waals surface area contributed by atoms with Crippen LogP contribution in [0.5, 0.6) is 0 Å². The second-order valence-electron chi connectivity index (χ2n) is 27.3. The number of carbonyl (C=O) groups excluding carboxylic acids is 6. The molecule has 22 nitrogen and oxygen atoms in total. The molecule has 0 bridgehead atoms. The van der Waals surface area contributed by atoms with E-state index in [4.69, 9.17) is 75.8 Å². The summed E-state index contributed by atoms with van der Waals surface area (Å²) in [5.41, 5.74) is 3.61.